The molecule has 0 radical (unpaired) electrons. The summed E-state index contributed by atoms with van der Waals surface area (Å²) in [6.45, 7) is 9.34. The Balaban J connectivity index is 3.13. The Bertz CT molecular complexity index is 654. The van der Waals surface area contributed by atoms with Gasteiger partial charge in [-0.15, -0.1) is 0 Å². The maximum absolute atomic E-state index is 14.9. The number of nitrogens with one attached hydrogen (secondary N) is 1. The molecule has 0 heterocycles. The van der Waals surface area contributed by atoms with Gasteiger partial charge >= 0.3 is 12.0 Å². The molecule has 0 spiro atoms. The van der Waals surface area contributed by atoms with Gasteiger partial charge in [-0.25, -0.2) is 9.18 Å². The third-order valence-corrected chi connectivity index (χ3v) is 4.26. The Kier molecular flexibility index (Phi) is 7.33. The Morgan fingerprint density at radius 3 is 2.37 bits per heavy atom. The average Bonchev–Trinajstić information content (AvgIpc) is 2.50. The molecular formula is C20H30F3NO3. The zero-order chi connectivity index (χ0) is 21.0. The molecule has 1 rings (SSSR count). The zero-order valence-corrected chi connectivity index (χ0v) is 16.8. The molecule has 2 N–H and O–H groups in total. The van der Waals surface area contributed by atoms with Gasteiger partial charge in [-0.1, -0.05) is 31.9 Å². The van der Waals surface area contributed by atoms with E-state index in [1.165, 1.54) is 19.1 Å². The number of amides is 1. The molecule has 1 aromatic rings. The number of benzene rings is 1. The van der Waals surface area contributed by atoms with E-state index in [1.807, 2.05) is 6.92 Å². The first kappa shape index (κ1) is 23.3. The fraction of sp³-hybridized carbons (Fsp3) is 0.650. The maximum atomic E-state index is 14.9. The summed E-state index contributed by atoms with van der Waals surface area (Å²) in [5, 5.41) is 12.7. The van der Waals surface area contributed by atoms with E-state index in [-0.39, 0.29) is 12.0 Å². The summed E-state index contributed by atoms with van der Waals surface area (Å²) in [6.07, 6.45) is 0.0827. The minimum atomic E-state index is -3.78. The predicted molar refractivity (Wildman–Crippen MR) is 98.2 cm³/mol. The van der Waals surface area contributed by atoms with Crippen molar-refractivity contribution < 1.29 is 27.8 Å². The SMILES string of the molecule is CCCC[C@@](C)(O)C(F)(F)c1cccc([C@@H](C)NC(=O)OC(C)(C)C)c1F. The van der Waals surface area contributed by atoms with Gasteiger partial charge in [0.05, 0.1) is 11.6 Å². The molecule has 27 heavy (non-hydrogen) atoms. The number of unbranched alkanes of at least 4 members (excludes halogenated alkanes) is 1. The van der Waals surface area contributed by atoms with E-state index in [4.69, 9.17) is 4.74 Å². The van der Waals surface area contributed by atoms with E-state index >= 15 is 0 Å². The lowest BCUT2D eigenvalue weighted by Crippen LogP contribution is -2.44. The largest absolute Gasteiger partial charge is 0.444 e. The second kappa shape index (κ2) is 8.50. The Morgan fingerprint density at radius 1 is 1.26 bits per heavy atom. The molecule has 0 aliphatic rings. The number of hydrogen-bond donors (Lipinski definition) is 2. The van der Waals surface area contributed by atoms with Crippen LogP contribution in [0.1, 0.15) is 78.0 Å². The summed E-state index contributed by atoms with van der Waals surface area (Å²) >= 11 is 0. The second-order valence-corrected chi connectivity index (χ2v) is 8.03. The van der Waals surface area contributed by atoms with Crippen molar-refractivity contribution in [3.8, 4) is 0 Å². The fourth-order valence-corrected chi connectivity index (χ4v) is 2.66. The molecule has 154 valence electrons. The number of halogens is 3. The summed E-state index contributed by atoms with van der Waals surface area (Å²) in [7, 11) is 0. The molecule has 2 atom stereocenters. The molecule has 0 saturated carbocycles. The smallest absolute Gasteiger partial charge is 0.408 e. The first-order valence-corrected chi connectivity index (χ1v) is 9.11. The van der Waals surface area contributed by atoms with Crippen LogP contribution < -0.4 is 5.32 Å². The van der Waals surface area contributed by atoms with Crippen LogP contribution in [0.15, 0.2) is 18.2 Å². The van der Waals surface area contributed by atoms with Crippen LogP contribution in [0.5, 0.6) is 0 Å². The summed E-state index contributed by atoms with van der Waals surface area (Å²) in [4.78, 5) is 11.9. The molecule has 0 aliphatic heterocycles. The summed E-state index contributed by atoms with van der Waals surface area (Å²) in [5.41, 5.74) is -4.12. The number of ether oxygens (including phenoxy) is 1. The van der Waals surface area contributed by atoms with Crippen LogP contribution >= 0.6 is 0 Å². The molecule has 1 aromatic carbocycles. The fourth-order valence-electron chi connectivity index (χ4n) is 2.66. The van der Waals surface area contributed by atoms with Gasteiger partial charge in [0.1, 0.15) is 17.0 Å². The third-order valence-electron chi connectivity index (χ3n) is 4.26. The van der Waals surface area contributed by atoms with Gasteiger partial charge in [0, 0.05) is 5.56 Å². The number of rotatable bonds is 7. The summed E-state index contributed by atoms with van der Waals surface area (Å²) in [6, 6.07) is 2.67. The summed E-state index contributed by atoms with van der Waals surface area (Å²) in [5.74, 6) is -4.93. The zero-order valence-electron chi connectivity index (χ0n) is 16.8. The van der Waals surface area contributed by atoms with Crippen LogP contribution in [0.4, 0.5) is 18.0 Å². The number of hydrogen-bond acceptors (Lipinski definition) is 3. The molecule has 4 nitrogen and oxygen atoms in total. The van der Waals surface area contributed by atoms with Gasteiger partial charge in [0.15, 0.2) is 0 Å². The first-order valence-electron chi connectivity index (χ1n) is 9.11. The lowest BCUT2D eigenvalue weighted by atomic mass is 9.86. The highest BCUT2D eigenvalue weighted by molar-refractivity contribution is 5.68. The quantitative estimate of drug-likeness (QED) is 0.652. The minimum absolute atomic E-state index is 0.107. The van der Waals surface area contributed by atoms with Crippen molar-refractivity contribution in [1.82, 2.24) is 5.32 Å². The van der Waals surface area contributed by atoms with Crippen LogP contribution in [0.3, 0.4) is 0 Å². The predicted octanol–water partition coefficient (Wildman–Crippen LogP) is 5.44. The van der Waals surface area contributed by atoms with Crippen molar-refractivity contribution in [2.75, 3.05) is 0 Å². The van der Waals surface area contributed by atoms with Crippen LogP contribution in [-0.2, 0) is 10.7 Å². The van der Waals surface area contributed by atoms with Crippen LogP contribution in [0.2, 0.25) is 0 Å². The van der Waals surface area contributed by atoms with Crippen molar-refractivity contribution in [3.05, 3.63) is 35.1 Å². The monoisotopic (exact) mass is 389 g/mol. The van der Waals surface area contributed by atoms with Gasteiger partial charge in [-0.2, -0.15) is 8.78 Å². The van der Waals surface area contributed by atoms with Crippen molar-refractivity contribution in [2.45, 2.75) is 84.0 Å². The molecule has 1 amide bonds. The lowest BCUT2D eigenvalue weighted by Gasteiger charge is -2.33. The van der Waals surface area contributed by atoms with E-state index < -0.39 is 40.6 Å². The van der Waals surface area contributed by atoms with Gasteiger partial charge in [0.25, 0.3) is 0 Å². The van der Waals surface area contributed by atoms with Crippen LogP contribution in [0, 0.1) is 5.82 Å². The average molecular weight is 389 g/mol. The normalized spacial score (nSPS) is 15.8. The molecule has 0 aliphatic carbocycles. The van der Waals surface area contributed by atoms with E-state index in [9.17, 15) is 23.1 Å². The second-order valence-electron chi connectivity index (χ2n) is 8.03. The highest BCUT2D eigenvalue weighted by Crippen LogP contribution is 2.43. The number of carbonyl (C=O) groups excluding carboxylic acids is 1. The van der Waals surface area contributed by atoms with Gasteiger partial charge in [0.2, 0.25) is 0 Å². The summed E-state index contributed by atoms with van der Waals surface area (Å²) < 4.78 is 49.7. The van der Waals surface area contributed by atoms with Gasteiger partial charge < -0.3 is 15.2 Å². The standard InChI is InChI=1S/C20H30F3NO3/c1-7-8-12-19(6,26)20(22,23)15-11-9-10-14(16(15)21)13(2)24-17(25)27-18(3,4)5/h9-11,13,26H,7-8,12H2,1-6H3,(H,24,25)/t13-,19-/m1/s1. The molecule has 0 fully saturated rings. The molecule has 0 bridgehead atoms. The molecule has 7 heteroatoms. The molecule has 0 aromatic heterocycles. The van der Waals surface area contributed by atoms with E-state index in [0.717, 1.165) is 13.0 Å². The lowest BCUT2D eigenvalue weighted by molar-refractivity contribution is -0.184. The first-order chi connectivity index (χ1) is 12.2. The van der Waals surface area contributed by atoms with Crippen LogP contribution in [0.25, 0.3) is 0 Å². The number of alkyl halides is 2. The highest BCUT2D eigenvalue weighted by Gasteiger charge is 2.51. The number of carbonyl (C=O) groups is 1. The van der Waals surface area contributed by atoms with E-state index in [0.29, 0.717) is 12.8 Å². The van der Waals surface area contributed by atoms with Crippen molar-refractivity contribution in [2.24, 2.45) is 0 Å². The van der Waals surface area contributed by atoms with Crippen molar-refractivity contribution in [3.63, 3.8) is 0 Å². The molecular weight excluding hydrogens is 359 g/mol. The molecule has 0 saturated heterocycles. The third kappa shape index (κ3) is 5.86. The Labute approximate surface area is 159 Å². The number of alkyl carbamates (subject to hydrolysis) is 1. The van der Waals surface area contributed by atoms with Crippen molar-refractivity contribution in [1.29, 1.82) is 0 Å². The van der Waals surface area contributed by atoms with Crippen molar-refractivity contribution >= 4 is 6.09 Å². The van der Waals surface area contributed by atoms with E-state index in [2.05, 4.69) is 5.32 Å². The Hall–Kier alpha value is -1.76. The minimum Gasteiger partial charge on any atom is -0.444 e. The molecule has 0 unspecified atom stereocenters. The van der Waals surface area contributed by atoms with Crippen LogP contribution in [-0.4, -0.2) is 22.4 Å². The van der Waals surface area contributed by atoms with Gasteiger partial charge in [-0.3, -0.25) is 0 Å². The number of aliphatic hydroxyl groups is 1. The maximum Gasteiger partial charge on any atom is 0.408 e. The topological polar surface area (TPSA) is 58.6 Å². The van der Waals surface area contributed by atoms with Gasteiger partial charge in [-0.05, 0) is 47.1 Å². The highest BCUT2D eigenvalue weighted by atomic mass is 19.3. The Morgan fingerprint density at radius 2 is 1.85 bits per heavy atom. The van der Waals surface area contributed by atoms with E-state index in [1.54, 1.807) is 20.8 Å².